The second-order valence-electron chi connectivity index (χ2n) is 7.40. The van der Waals surface area contributed by atoms with Gasteiger partial charge in [0.25, 0.3) is 11.8 Å². The number of likely N-dealkylation sites (tertiary alicyclic amines) is 1. The fourth-order valence-corrected chi connectivity index (χ4v) is 4.00. The molecule has 3 heterocycles. The molecule has 0 radical (unpaired) electrons. The number of aliphatic carboxylic acids is 1. The number of ether oxygens (including phenoxy) is 1. The number of hydrogen-bond acceptors (Lipinski definition) is 6. The lowest BCUT2D eigenvalue weighted by atomic mass is 9.96. The molecule has 8 nitrogen and oxygen atoms in total. The highest BCUT2D eigenvalue weighted by Gasteiger charge is 2.52. The number of rotatable bonds is 3. The maximum Gasteiger partial charge on any atom is 0.289 e. The van der Waals surface area contributed by atoms with Crippen LogP contribution in [0.15, 0.2) is 47.1 Å². The summed E-state index contributed by atoms with van der Waals surface area (Å²) in [5.41, 5.74) is 0.308. The second kappa shape index (κ2) is 7.36. The van der Waals surface area contributed by atoms with Crippen LogP contribution < -0.4 is 5.11 Å². The van der Waals surface area contributed by atoms with Gasteiger partial charge in [0.2, 0.25) is 0 Å². The van der Waals surface area contributed by atoms with Crippen molar-refractivity contribution in [2.75, 3.05) is 19.7 Å². The average Bonchev–Trinajstić information content (AvgIpc) is 3.37. The fourth-order valence-electron chi connectivity index (χ4n) is 4.00. The maximum atomic E-state index is 13.2. The third kappa shape index (κ3) is 3.40. The van der Waals surface area contributed by atoms with Crippen molar-refractivity contribution < 1.29 is 28.6 Å². The lowest BCUT2D eigenvalue weighted by molar-refractivity contribution is -0.310. The lowest BCUT2D eigenvalue weighted by Gasteiger charge is -2.44. The van der Waals surface area contributed by atoms with Crippen LogP contribution in [0.4, 0.5) is 0 Å². The van der Waals surface area contributed by atoms with Gasteiger partial charge in [-0.3, -0.25) is 14.5 Å². The van der Waals surface area contributed by atoms with Crippen LogP contribution in [0.2, 0.25) is 0 Å². The number of carboxylic acids is 1. The Balaban J connectivity index is 1.57. The monoisotopic (exact) mass is 397 g/mol. The van der Waals surface area contributed by atoms with Crippen LogP contribution in [-0.2, 0) is 9.53 Å². The van der Waals surface area contributed by atoms with E-state index in [2.05, 4.69) is 0 Å². The fraction of sp³-hybridized carbons (Fsp3) is 0.381. The van der Waals surface area contributed by atoms with Gasteiger partial charge in [0.1, 0.15) is 5.72 Å². The Kier molecular flexibility index (Phi) is 4.87. The Bertz CT molecular complexity index is 913. The van der Waals surface area contributed by atoms with Crippen LogP contribution >= 0.6 is 0 Å². The Labute approximate surface area is 167 Å². The first-order valence-corrected chi connectivity index (χ1v) is 9.49. The van der Waals surface area contributed by atoms with E-state index in [9.17, 15) is 19.5 Å². The quantitative estimate of drug-likeness (QED) is 0.759. The zero-order valence-corrected chi connectivity index (χ0v) is 16.0. The second-order valence-corrected chi connectivity index (χ2v) is 7.40. The van der Waals surface area contributed by atoms with E-state index in [1.165, 1.54) is 11.2 Å². The number of carbonyl (C=O) groups excluding carboxylic acids is 3. The van der Waals surface area contributed by atoms with Gasteiger partial charge in [-0.05, 0) is 31.2 Å². The van der Waals surface area contributed by atoms with Crippen molar-refractivity contribution in [3.63, 3.8) is 0 Å². The van der Waals surface area contributed by atoms with E-state index < -0.39 is 23.6 Å². The number of aryl methyl sites for hydroxylation is 1. The van der Waals surface area contributed by atoms with E-state index >= 15 is 0 Å². The van der Waals surface area contributed by atoms with E-state index in [0.29, 0.717) is 31.5 Å². The van der Waals surface area contributed by atoms with Gasteiger partial charge in [0.05, 0.1) is 24.9 Å². The summed E-state index contributed by atoms with van der Waals surface area (Å²) < 4.78 is 11.0. The third-order valence-corrected chi connectivity index (χ3v) is 5.61. The number of hydrogen-bond donors (Lipinski definition) is 0. The van der Waals surface area contributed by atoms with Gasteiger partial charge in [-0.25, -0.2) is 0 Å². The minimum atomic E-state index is -1.35. The van der Waals surface area contributed by atoms with Crippen molar-refractivity contribution in [1.82, 2.24) is 9.80 Å². The van der Waals surface area contributed by atoms with E-state index in [0.717, 1.165) is 5.56 Å². The number of benzene rings is 1. The SMILES string of the molecule is Cc1ccc(C(=O)N2[C@H](C(=O)[O-])COC23CCN(C(=O)c2ccco2)CC3)cc1. The summed E-state index contributed by atoms with van der Waals surface area (Å²) in [4.78, 5) is 40.3. The van der Waals surface area contributed by atoms with E-state index in [-0.39, 0.29) is 18.3 Å². The maximum absolute atomic E-state index is 13.2. The average molecular weight is 397 g/mol. The van der Waals surface area contributed by atoms with Crippen molar-refractivity contribution in [2.24, 2.45) is 0 Å². The molecule has 2 aromatic rings. The molecule has 0 N–H and O–H groups in total. The molecule has 0 saturated carbocycles. The Morgan fingerprint density at radius 2 is 1.76 bits per heavy atom. The van der Waals surface area contributed by atoms with Crippen molar-refractivity contribution in [2.45, 2.75) is 31.5 Å². The van der Waals surface area contributed by atoms with Crippen molar-refractivity contribution >= 4 is 17.8 Å². The summed E-state index contributed by atoms with van der Waals surface area (Å²) >= 11 is 0. The number of carboxylic acid groups (broad SMARTS) is 1. The standard InChI is InChI=1S/C21H22N2O6/c1-14-4-6-15(7-5-14)18(24)23-16(20(26)27)13-29-21(23)8-10-22(11-9-21)19(25)17-3-2-12-28-17/h2-7,12,16H,8-11,13H2,1H3,(H,26,27)/p-1/t16-/m0/s1. The number of carbonyl (C=O) groups is 3. The summed E-state index contributed by atoms with van der Waals surface area (Å²) in [6.07, 6.45) is 2.05. The molecule has 1 aromatic carbocycles. The van der Waals surface area contributed by atoms with Crippen molar-refractivity contribution in [3.8, 4) is 0 Å². The topological polar surface area (TPSA) is 103 Å². The van der Waals surface area contributed by atoms with Gasteiger partial charge in [0.15, 0.2) is 5.76 Å². The van der Waals surface area contributed by atoms with Crippen LogP contribution in [-0.4, -0.2) is 59.0 Å². The molecule has 2 amide bonds. The minimum absolute atomic E-state index is 0.133. The molecule has 8 heteroatoms. The zero-order chi connectivity index (χ0) is 20.6. The van der Waals surface area contributed by atoms with Gasteiger partial charge in [0, 0.05) is 31.5 Å². The first kappa shape index (κ1) is 19.2. The molecule has 0 unspecified atom stereocenters. The molecule has 2 saturated heterocycles. The molecule has 2 aliphatic rings. The summed E-state index contributed by atoms with van der Waals surface area (Å²) in [5, 5.41) is 11.7. The van der Waals surface area contributed by atoms with Crippen LogP contribution in [0.25, 0.3) is 0 Å². The Morgan fingerprint density at radius 3 is 2.34 bits per heavy atom. The van der Waals surface area contributed by atoms with Crippen molar-refractivity contribution in [1.29, 1.82) is 0 Å². The summed E-state index contributed by atoms with van der Waals surface area (Å²) in [7, 11) is 0. The van der Waals surface area contributed by atoms with E-state index in [4.69, 9.17) is 9.15 Å². The predicted octanol–water partition coefficient (Wildman–Crippen LogP) is 0.811. The zero-order valence-electron chi connectivity index (χ0n) is 16.0. The van der Waals surface area contributed by atoms with Gasteiger partial charge < -0.3 is 24.0 Å². The number of piperidine rings is 1. The lowest BCUT2D eigenvalue weighted by Crippen LogP contribution is -2.60. The third-order valence-electron chi connectivity index (χ3n) is 5.61. The predicted molar refractivity (Wildman–Crippen MR) is 98.7 cm³/mol. The van der Waals surface area contributed by atoms with E-state index in [1.54, 1.807) is 41.3 Å². The highest BCUT2D eigenvalue weighted by atomic mass is 16.5. The minimum Gasteiger partial charge on any atom is -0.548 e. The molecule has 4 rings (SSSR count). The largest absolute Gasteiger partial charge is 0.548 e. The number of amides is 2. The van der Waals surface area contributed by atoms with Crippen LogP contribution in [0.5, 0.6) is 0 Å². The van der Waals surface area contributed by atoms with Crippen molar-refractivity contribution in [3.05, 3.63) is 59.5 Å². The molecule has 1 aromatic heterocycles. The molecule has 1 spiro atoms. The van der Waals surface area contributed by atoms with Crippen LogP contribution in [0.3, 0.4) is 0 Å². The molecule has 0 bridgehead atoms. The van der Waals surface area contributed by atoms with E-state index in [1.807, 2.05) is 6.92 Å². The number of nitrogens with zero attached hydrogens (tertiary/aromatic N) is 2. The number of furan rings is 1. The first-order valence-electron chi connectivity index (χ1n) is 9.49. The van der Waals surface area contributed by atoms with Gasteiger partial charge in [-0.2, -0.15) is 0 Å². The smallest absolute Gasteiger partial charge is 0.289 e. The molecular weight excluding hydrogens is 376 g/mol. The van der Waals surface area contributed by atoms with Gasteiger partial charge in [-0.1, -0.05) is 17.7 Å². The molecule has 152 valence electrons. The summed E-state index contributed by atoms with van der Waals surface area (Å²) in [5.74, 6) is -1.76. The molecule has 2 fully saturated rings. The first-order chi connectivity index (χ1) is 13.9. The van der Waals surface area contributed by atoms with Crippen LogP contribution in [0.1, 0.15) is 39.3 Å². The molecule has 2 aliphatic heterocycles. The summed E-state index contributed by atoms with van der Waals surface area (Å²) in [6, 6.07) is 9.02. The molecule has 1 atom stereocenters. The van der Waals surface area contributed by atoms with Crippen LogP contribution in [0, 0.1) is 6.92 Å². The Hall–Kier alpha value is -3.13. The normalized spacial score (nSPS) is 20.8. The summed E-state index contributed by atoms with van der Waals surface area (Å²) in [6.45, 7) is 2.41. The molecule has 0 aliphatic carbocycles. The van der Waals surface area contributed by atoms with Gasteiger partial charge in [-0.15, -0.1) is 0 Å². The highest BCUT2D eigenvalue weighted by Crippen LogP contribution is 2.38. The molecule has 29 heavy (non-hydrogen) atoms. The van der Waals surface area contributed by atoms with Gasteiger partial charge >= 0.3 is 0 Å². The molecular formula is C21H21N2O6-. The highest BCUT2D eigenvalue weighted by molar-refractivity contribution is 5.97. The Morgan fingerprint density at radius 1 is 1.07 bits per heavy atom.